The second-order valence-electron chi connectivity index (χ2n) is 16.8. The molecule has 15 nitrogen and oxygen atoms in total. The number of amides is 4. The van der Waals surface area contributed by atoms with Crippen LogP contribution in [0.3, 0.4) is 0 Å². The summed E-state index contributed by atoms with van der Waals surface area (Å²) in [6.07, 6.45) is 3.84. The first-order valence-electron chi connectivity index (χ1n) is 20.7. The van der Waals surface area contributed by atoms with E-state index in [1.165, 1.54) is 6.20 Å². The summed E-state index contributed by atoms with van der Waals surface area (Å²) in [5.74, 6) is -0.0745. The first kappa shape index (κ1) is 42.2. The lowest BCUT2D eigenvalue weighted by Gasteiger charge is -2.47. The van der Waals surface area contributed by atoms with Crippen molar-refractivity contribution in [2.45, 2.75) is 57.7 Å². The molecule has 0 saturated carbocycles. The van der Waals surface area contributed by atoms with Crippen molar-refractivity contribution in [3.63, 3.8) is 0 Å². The molecule has 61 heavy (non-hydrogen) atoms. The number of carbonyl (C=O) groups excluding carboxylic acids is 4. The predicted molar refractivity (Wildman–Crippen MR) is 238 cm³/mol. The van der Waals surface area contributed by atoms with Crippen LogP contribution in [0.4, 0.5) is 34.5 Å². The average molecular weight is 868 g/mol. The molecule has 5 heterocycles. The number of anilines is 6. The fourth-order valence-corrected chi connectivity index (χ4v) is 10.5. The summed E-state index contributed by atoms with van der Waals surface area (Å²) in [6, 6.07) is 18.2. The van der Waals surface area contributed by atoms with Crippen LogP contribution in [0.25, 0.3) is 0 Å². The van der Waals surface area contributed by atoms with E-state index in [4.69, 9.17) is 16.3 Å². The van der Waals surface area contributed by atoms with Crippen molar-refractivity contribution in [2.75, 3.05) is 73.6 Å². The number of benzene rings is 3. The van der Waals surface area contributed by atoms with E-state index < -0.39 is 36.8 Å². The summed E-state index contributed by atoms with van der Waals surface area (Å²) >= 11 is 6.49. The monoisotopic (exact) mass is 867 g/mol. The molecule has 0 radical (unpaired) electrons. The van der Waals surface area contributed by atoms with Gasteiger partial charge in [-0.15, -0.1) is 0 Å². The van der Waals surface area contributed by atoms with Gasteiger partial charge in [0.2, 0.25) is 17.8 Å². The molecule has 8 rings (SSSR count). The minimum atomic E-state index is -2.56. The normalized spacial score (nSPS) is 21.4. The highest BCUT2D eigenvalue weighted by molar-refractivity contribution is 7.70. The lowest BCUT2D eigenvalue weighted by atomic mass is 9.94. The summed E-state index contributed by atoms with van der Waals surface area (Å²) in [7, 11) is -0.921. The number of hydrogen-bond acceptors (Lipinski definition) is 13. The van der Waals surface area contributed by atoms with Crippen LogP contribution in [0.5, 0.6) is 5.75 Å². The Labute approximate surface area is 360 Å². The maximum absolute atomic E-state index is 13.5. The first-order chi connectivity index (χ1) is 29.2. The van der Waals surface area contributed by atoms with Crippen molar-refractivity contribution in [1.82, 2.24) is 25.1 Å². The van der Waals surface area contributed by atoms with E-state index in [0.29, 0.717) is 50.7 Å². The van der Waals surface area contributed by atoms with Gasteiger partial charge in [-0.25, -0.2) is 4.98 Å². The summed E-state index contributed by atoms with van der Waals surface area (Å²) in [5, 5.41) is 9.81. The van der Waals surface area contributed by atoms with Crippen molar-refractivity contribution in [3.05, 3.63) is 83.0 Å². The van der Waals surface area contributed by atoms with Gasteiger partial charge in [-0.05, 0) is 94.8 Å². The molecular formula is C44H51ClN9O6P. The number of halogens is 1. The Bertz CT molecular complexity index is 2430. The van der Waals surface area contributed by atoms with Crippen LogP contribution in [0.1, 0.15) is 60.2 Å². The molecule has 4 amide bonds. The van der Waals surface area contributed by atoms with Gasteiger partial charge < -0.3 is 29.7 Å². The Morgan fingerprint density at radius 1 is 0.869 bits per heavy atom. The second-order valence-corrected chi connectivity index (χ2v) is 20.4. The predicted octanol–water partition coefficient (Wildman–Crippen LogP) is 6.09. The minimum absolute atomic E-state index is 0.0845. The molecule has 0 spiro atoms. The molecule has 0 aliphatic carbocycles. The third kappa shape index (κ3) is 8.69. The maximum Gasteiger partial charge on any atom is 0.262 e. The SMILES string of the molecule is COc1cc(N2CCC(CN3CC(C)N(c4ccc5c(c4)C(=O)N(C4CCC(=O)NC4=O)C5=O)C(C)C3)CC2)ccc1Nc1ncc(Cl)c(Nc2ccccc2P(C)(C)=O)n1. The zero-order valence-corrected chi connectivity index (χ0v) is 36.6. The standard InChI is InChI=1S/C44H51ClN9O6P/c1-26-23-51(24-27(2)53(26)30-10-12-31-32(20-30)43(58)54(42(31)57)36-14-15-39(55)49-41(36)56)25-28-16-18-52(19-17-28)29-11-13-34(37(21-29)60-3)48-44-46-22-33(45)40(50-44)47-35-8-6-7-9-38(35)61(4,5)59/h6-13,20-22,26-28,36H,14-19,23-25H2,1-5H3,(H,49,55,56)(H2,46,47,48,50). The van der Waals surface area contributed by atoms with Crippen molar-refractivity contribution in [1.29, 1.82) is 0 Å². The number of piperidine rings is 2. The molecular weight excluding hydrogens is 817 g/mol. The lowest BCUT2D eigenvalue weighted by molar-refractivity contribution is -0.136. The summed E-state index contributed by atoms with van der Waals surface area (Å²) in [6.45, 7) is 12.4. The molecule has 4 aromatic rings. The molecule has 4 aliphatic rings. The van der Waals surface area contributed by atoms with Crippen LogP contribution in [-0.4, -0.2) is 115 Å². The van der Waals surface area contributed by atoms with Crippen LogP contribution < -0.4 is 35.8 Å². The lowest BCUT2D eigenvalue weighted by Crippen LogP contribution is -2.58. The number of ether oxygens (including phenoxy) is 1. The molecule has 17 heteroatoms. The highest BCUT2D eigenvalue weighted by Gasteiger charge is 2.45. The number of rotatable bonds is 11. The number of nitrogens with one attached hydrogen (secondary N) is 3. The fourth-order valence-electron chi connectivity index (χ4n) is 9.24. The van der Waals surface area contributed by atoms with Crippen LogP contribution in [0, 0.1) is 5.92 Å². The molecule has 0 bridgehead atoms. The van der Waals surface area contributed by atoms with E-state index in [-0.39, 0.29) is 30.5 Å². The van der Waals surface area contributed by atoms with Gasteiger partial charge in [-0.2, -0.15) is 4.98 Å². The Morgan fingerprint density at radius 2 is 1.57 bits per heavy atom. The number of para-hydroxylation sites is 1. The van der Waals surface area contributed by atoms with E-state index in [1.807, 2.05) is 42.5 Å². The van der Waals surface area contributed by atoms with Crippen molar-refractivity contribution >= 4 is 82.2 Å². The van der Waals surface area contributed by atoms with E-state index in [1.54, 1.807) is 32.6 Å². The minimum Gasteiger partial charge on any atom is -0.494 e. The molecule has 3 N–H and O–H groups in total. The van der Waals surface area contributed by atoms with Gasteiger partial charge in [0, 0.05) is 74.0 Å². The van der Waals surface area contributed by atoms with E-state index >= 15 is 0 Å². The van der Waals surface area contributed by atoms with Gasteiger partial charge in [-0.3, -0.25) is 34.3 Å². The summed E-state index contributed by atoms with van der Waals surface area (Å²) in [4.78, 5) is 68.3. The number of piperazine rings is 1. The molecule has 3 aromatic carbocycles. The van der Waals surface area contributed by atoms with Crippen molar-refractivity contribution in [3.8, 4) is 5.75 Å². The zero-order chi connectivity index (χ0) is 43.2. The van der Waals surface area contributed by atoms with Crippen LogP contribution >= 0.6 is 18.7 Å². The topological polar surface area (TPSA) is 169 Å². The molecule has 3 atom stereocenters. The third-order valence-electron chi connectivity index (χ3n) is 12.1. The maximum atomic E-state index is 13.5. The van der Waals surface area contributed by atoms with E-state index in [9.17, 15) is 23.7 Å². The highest BCUT2D eigenvalue weighted by atomic mass is 35.5. The second kappa shape index (κ2) is 17.1. The number of nitrogens with zero attached hydrogens (tertiary/aromatic N) is 6. The quantitative estimate of drug-likeness (QED) is 0.117. The van der Waals surface area contributed by atoms with Crippen molar-refractivity contribution in [2.24, 2.45) is 5.92 Å². The number of methoxy groups -OCH3 is 1. The number of carbonyl (C=O) groups is 4. The third-order valence-corrected chi connectivity index (χ3v) is 14.0. The van der Waals surface area contributed by atoms with Gasteiger partial charge in [0.05, 0.1) is 35.8 Å². The summed E-state index contributed by atoms with van der Waals surface area (Å²) < 4.78 is 18.7. The van der Waals surface area contributed by atoms with Crippen molar-refractivity contribution < 1.29 is 28.5 Å². The zero-order valence-electron chi connectivity index (χ0n) is 35.0. The fraction of sp³-hybridized carbons (Fsp3) is 0.409. The van der Waals surface area contributed by atoms with E-state index in [2.05, 4.69) is 60.5 Å². The highest BCUT2D eigenvalue weighted by Crippen LogP contribution is 2.40. The summed E-state index contributed by atoms with van der Waals surface area (Å²) in [5.41, 5.74) is 3.92. The average Bonchev–Trinajstić information content (AvgIpc) is 3.47. The molecule has 3 unspecified atom stereocenters. The Kier molecular flexibility index (Phi) is 11.8. The van der Waals surface area contributed by atoms with Crippen LogP contribution in [0.2, 0.25) is 5.02 Å². The molecule has 3 saturated heterocycles. The smallest absolute Gasteiger partial charge is 0.262 e. The Hall–Kier alpha value is -5.50. The van der Waals surface area contributed by atoms with Gasteiger partial charge in [0.15, 0.2) is 5.82 Å². The van der Waals surface area contributed by atoms with E-state index in [0.717, 1.165) is 61.8 Å². The molecule has 3 fully saturated rings. The Balaban J connectivity index is 0.859. The molecule has 1 aromatic heterocycles. The van der Waals surface area contributed by atoms with Gasteiger partial charge in [-0.1, -0.05) is 23.7 Å². The number of fused-ring (bicyclic) bond motifs is 1. The van der Waals surface area contributed by atoms with Crippen LogP contribution in [-0.2, 0) is 14.2 Å². The first-order valence-corrected chi connectivity index (χ1v) is 23.7. The van der Waals surface area contributed by atoms with Gasteiger partial charge >= 0.3 is 0 Å². The van der Waals surface area contributed by atoms with Crippen LogP contribution in [0.15, 0.2) is 66.9 Å². The molecule has 4 aliphatic heterocycles. The molecule has 320 valence electrons. The largest absolute Gasteiger partial charge is 0.494 e. The van der Waals surface area contributed by atoms with Gasteiger partial charge in [0.1, 0.15) is 24.0 Å². The number of imide groups is 2. The number of hydrogen-bond donors (Lipinski definition) is 3. The Morgan fingerprint density at radius 3 is 2.28 bits per heavy atom. The number of aromatic nitrogens is 2. The van der Waals surface area contributed by atoms with Gasteiger partial charge in [0.25, 0.3) is 11.8 Å².